The molecule has 0 bridgehead atoms. The lowest BCUT2D eigenvalue weighted by atomic mass is 9.64. The summed E-state index contributed by atoms with van der Waals surface area (Å²) in [5.74, 6) is 2.89. The molecule has 148 valence electrons. The second kappa shape index (κ2) is 11.8. The number of unbranched alkanes of at least 4 members (excludes halogenated alkanes) is 5. The van der Waals surface area contributed by atoms with Gasteiger partial charge in [0, 0.05) is 0 Å². The van der Waals surface area contributed by atoms with Crippen molar-refractivity contribution >= 4 is 0 Å². The molecular weight excluding hydrogens is 314 g/mol. The summed E-state index contributed by atoms with van der Waals surface area (Å²) >= 11 is 0. The first kappa shape index (κ1) is 21.5. The molecule has 1 heteroatoms. The topological polar surface area (TPSA) is 23.8 Å². The molecule has 0 N–H and O–H groups in total. The van der Waals surface area contributed by atoms with Crippen LogP contribution in [0.4, 0.5) is 0 Å². The van der Waals surface area contributed by atoms with Gasteiger partial charge < -0.3 is 0 Å². The van der Waals surface area contributed by atoms with Crippen LogP contribution in [-0.2, 0) is 0 Å². The third-order valence-corrected chi connectivity index (χ3v) is 7.31. The first-order chi connectivity index (χ1) is 12.7. The van der Waals surface area contributed by atoms with Crippen LogP contribution in [-0.4, -0.2) is 0 Å². The highest BCUT2D eigenvalue weighted by molar-refractivity contribution is 5.14. The highest BCUT2D eigenvalue weighted by Gasteiger charge is 2.37. The van der Waals surface area contributed by atoms with Crippen molar-refractivity contribution in [2.45, 2.75) is 117 Å². The van der Waals surface area contributed by atoms with E-state index in [1.165, 1.54) is 83.5 Å². The van der Waals surface area contributed by atoms with E-state index < -0.39 is 0 Å². The number of allylic oxidation sites excluding steroid dienone is 2. The van der Waals surface area contributed by atoms with Crippen molar-refractivity contribution in [2.24, 2.45) is 23.2 Å². The smallest absolute Gasteiger partial charge is 0.0753 e. The molecule has 0 unspecified atom stereocenters. The second-order valence-corrected chi connectivity index (χ2v) is 9.28. The van der Waals surface area contributed by atoms with Crippen LogP contribution in [0.25, 0.3) is 0 Å². The minimum absolute atomic E-state index is 0.138. The van der Waals surface area contributed by atoms with E-state index in [4.69, 9.17) is 0 Å². The Morgan fingerprint density at radius 1 is 0.846 bits per heavy atom. The average Bonchev–Trinajstić information content (AvgIpc) is 2.69. The van der Waals surface area contributed by atoms with Crippen molar-refractivity contribution in [3.8, 4) is 6.07 Å². The van der Waals surface area contributed by atoms with Crippen LogP contribution in [0.3, 0.4) is 0 Å². The molecule has 0 amide bonds. The summed E-state index contributed by atoms with van der Waals surface area (Å²) in [6.45, 7) is 4.51. The van der Waals surface area contributed by atoms with Gasteiger partial charge in [0.2, 0.25) is 0 Å². The predicted octanol–water partition coefficient (Wildman–Crippen LogP) is 8.21. The maximum absolute atomic E-state index is 9.71. The van der Waals surface area contributed by atoms with E-state index in [1.807, 2.05) is 0 Å². The standard InChI is InChI=1S/C25H43N/c1-3-5-7-8-9-11-22-12-14-23(15-13-22)24-16-19-25(21-26,20-17-24)18-10-6-4-2/h10,18,22-24H,3-9,11-17,19-20H2,1-2H3. The van der Waals surface area contributed by atoms with E-state index in [1.54, 1.807) is 0 Å². The Morgan fingerprint density at radius 2 is 1.50 bits per heavy atom. The highest BCUT2D eigenvalue weighted by Crippen LogP contribution is 2.46. The Kier molecular flexibility index (Phi) is 9.80. The van der Waals surface area contributed by atoms with Crippen molar-refractivity contribution in [1.29, 1.82) is 5.26 Å². The fourth-order valence-corrected chi connectivity index (χ4v) is 5.40. The summed E-state index contributed by atoms with van der Waals surface area (Å²) in [7, 11) is 0. The Bertz CT molecular complexity index is 428. The van der Waals surface area contributed by atoms with Crippen LogP contribution in [0.5, 0.6) is 0 Å². The van der Waals surface area contributed by atoms with Gasteiger partial charge in [-0.1, -0.05) is 83.8 Å². The summed E-state index contributed by atoms with van der Waals surface area (Å²) in [5.41, 5.74) is -0.138. The first-order valence-corrected chi connectivity index (χ1v) is 11.8. The van der Waals surface area contributed by atoms with Crippen LogP contribution < -0.4 is 0 Å². The van der Waals surface area contributed by atoms with E-state index >= 15 is 0 Å². The maximum atomic E-state index is 9.71. The zero-order valence-electron chi connectivity index (χ0n) is 17.6. The predicted molar refractivity (Wildman–Crippen MR) is 113 cm³/mol. The summed E-state index contributed by atoms with van der Waals surface area (Å²) in [4.78, 5) is 0. The first-order valence-electron chi connectivity index (χ1n) is 11.8. The van der Waals surface area contributed by atoms with Gasteiger partial charge in [-0.2, -0.15) is 5.26 Å². The quantitative estimate of drug-likeness (QED) is 0.285. The van der Waals surface area contributed by atoms with Gasteiger partial charge >= 0.3 is 0 Å². The van der Waals surface area contributed by atoms with Crippen molar-refractivity contribution in [3.05, 3.63) is 12.2 Å². The van der Waals surface area contributed by atoms with E-state index in [0.717, 1.165) is 37.0 Å². The summed E-state index contributed by atoms with van der Waals surface area (Å²) in [6.07, 6.45) is 26.1. The van der Waals surface area contributed by atoms with Gasteiger partial charge in [0.15, 0.2) is 0 Å². The Morgan fingerprint density at radius 3 is 2.12 bits per heavy atom. The molecular formula is C25H43N. The number of hydrogen-bond donors (Lipinski definition) is 0. The molecule has 0 atom stereocenters. The fourth-order valence-electron chi connectivity index (χ4n) is 5.40. The van der Waals surface area contributed by atoms with Gasteiger partial charge in [-0.3, -0.25) is 0 Å². The van der Waals surface area contributed by atoms with Gasteiger partial charge in [0.1, 0.15) is 0 Å². The van der Waals surface area contributed by atoms with Gasteiger partial charge in [0.25, 0.3) is 0 Å². The normalized spacial score (nSPS) is 32.6. The van der Waals surface area contributed by atoms with Crippen LogP contribution in [0.1, 0.15) is 117 Å². The molecule has 2 aliphatic carbocycles. The van der Waals surface area contributed by atoms with Crippen LogP contribution in [0.15, 0.2) is 12.2 Å². The Labute approximate surface area is 163 Å². The summed E-state index contributed by atoms with van der Waals surface area (Å²) in [6, 6.07) is 2.66. The largest absolute Gasteiger partial charge is 0.197 e. The van der Waals surface area contributed by atoms with Crippen molar-refractivity contribution in [2.75, 3.05) is 0 Å². The minimum Gasteiger partial charge on any atom is -0.197 e. The zero-order valence-corrected chi connectivity index (χ0v) is 17.6. The van der Waals surface area contributed by atoms with Crippen molar-refractivity contribution in [3.63, 3.8) is 0 Å². The molecule has 26 heavy (non-hydrogen) atoms. The third-order valence-electron chi connectivity index (χ3n) is 7.31. The SMILES string of the molecule is CCCC=CC1(C#N)CCC(C2CCC(CCCCCCC)CC2)CC1. The lowest BCUT2D eigenvalue weighted by Crippen LogP contribution is -2.30. The molecule has 0 spiro atoms. The maximum Gasteiger partial charge on any atom is 0.0753 e. The molecule has 0 heterocycles. The lowest BCUT2D eigenvalue weighted by Gasteiger charge is -2.39. The van der Waals surface area contributed by atoms with Crippen LogP contribution in [0.2, 0.25) is 0 Å². The highest BCUT2D eigenvalue weighted by atomic mass is 14.4. The molecule has 1 nitrogen and oxygen atoms in total. The van der Waals surface area contributed by atoms with E-state index in [-0.39, 0.29) is 5.41 Å². The minimum atomic E-state index is -0.138. The molecule has 0 saturated heterocycles. The zero-order chi connectivity index (χ0) is 18.7. The number of nitrogens with zero attached hydrogens (tertiary/aromatic N) is 1. The summed E-state index contributed by atoms with van der Waals surface area (Å²) < 4.78 is 0. The molecule has 0 aromatic carbocycles. The van der Waals surface area contributed by atoms with Crippen LogP contribution in [0, 0.1) is 34.5 Å². The number of nitriles is 1. The monoisotopic (exact) mass is 357 g/mol. The molecule has 0 aliphatic heterocycles. The number of rotatable bonds is 10. The average molecular weight is 358 g/mol. The molecule has 0 aromatic heterocycles. The van der Waals surface area contributed by atoms with Crippen molar-refractivity contribution < 1.29 is 0 Å². The molecule has 0 radical (unpaired) electrons. The number of hydrogen-bond acceptors (Lipinski definition) is 1. The fraction of sp³-hybridized carbons (Fsp3) is 0.880. The Hall–Kier alpha value is -0.770. The second-order valence-electron chi connectivity index (χ2n) is 9.28. The van der Waals surface area contributed by atoms with E-state index in [0.29, 0.717) is 0 Å². The van der Waals surface area contributed by atoms with Gasteiger partial charge in [-0.15, -0.1) is 0 Å². The molecule has 0 aromatic rings. The van der Waals surface area contributed by atoms with E-state index in [9.17, 15) is 5.26 Å². The van der Waals surface area contributed by atoms with Crippen LogP contribution >= 0.6 is 0 Å². The molecule has 2 rings (SSSR count). The van der Waals surface area contributed by atoms with Gasteiger partial charge in [-0.05, 0) is 62.7 Å². The van der Waals surface area contributed by atoms with E-state index in [2.05, 4.69) is 32.1 Å². The van der Waals surface area contributed by atoms with Gasteiger partial charge in [0.05, 0.1) is 11.5 Å². The summed E-state index contributed by atoms with van der Waals surface area (Å²) in [5, 5.41) is 9.71. The Balaban J connectivity index is 1.67. The molecule has 2 saturated carbocycles. The van der Waals surface area contributed by atoms with Gasteiger partial charge in [-0.25, -0.2) is 0 Å². The molecule has 2 aliphatic rings. The third kappa shape index (κ3) is 6.75. The lowest BCUT2D eigenvalue weighted by molar-refractivity contribution is 0.136. The molecule has 2 fully saturated rings. The van der Waals surface area contributed by atoms with Crippen molar-refractivity contribution in [1.82, 2.24) is 0 Å².